The highest BCUT2D eigenvalue weighted by atomic mass is 16.1. The number of aromatic nitrogens is 2. The lowest BCUT2D eigenvalue weighted by atomic mass is 10.1. The van der Waals surface area contributed by atoms with Crippen molar-refractivity contribution in [2.75, 3.05) is 11.9 Å². The predicted octanol–water partition coefficient (Wildman–Crippen LogP) is 1.43. The molecule has 88 valence electrons. The van der Waals surface area contributed by atoms with Gasteiger partial charge in [-0.2, -0.15) is 4.98 Å². The molecule has 0 aliphatic carbocycles. The van der Waals surface area contributed by atoms with Gasteiger partial charge < -0.3 is 9.88 Å². The summed E-state index contributed by atoms with van der Waals surface area (Å²) in [7, 11) is 1.68. The van der Waals surface area contributed by atoms with Gasteiger partial charge in [-0.05, 0) is 18.1 Å². The molecule has 17 heavy (non-hydrogen) atoms. The summed E-state index contributed by atoms with van der Waals surface area (Å²) in [6, 6.07) is 12.0. The van der Waals surface area contributed by atoms with E-state index in [4.69, 9.17) is 0 Å². The Morgan fingerprint density at radius 2 is 2.00 bits per heavy atom. The van der Waals surface area contributed by atoms with E-state index < -0.39 is 0 Å². The van der Waals surface area contributed by atoms with E-state index in [1.165, 1.54) is 10.1 Å². The summed E-state index contributed by atoms with van der Waals surface area (Å²) < 4.78 is 1.45. The van der Waals surface area contributed by atoms with Crippen molar-refractivity contribution in [3.8, 4) is 0 Å². The lowest BCUT2D eigenvalue weighted by Gasteiger charge is -2.05. The van der Waals surface area contributed by atoms with Crippen molar-refractivity contribution in [1.82, 2.24) is 9.55 Å². The standard InChI is InChI=1S/C13H15N3O/c1-16-10-8-12(15-13(16)17)14-9-7-11-5-3-2-4-6-11/h2-6,8,10H,7,9H2,1H3,(H,14,15,17). The second kappa shape index (κ2) is 5.30. The summed E-state index contributed by atoms with van der Waals surface area (Å²) in [6.45, 7) is 0.768. The lowest BCUT2D eigenvalue weighted by molar-refractivity contribution is 0.809. The van der Waals surface area contributed by atoms with Crippen LogP contribution in [0.3, 0.4) is 0 Å². The van der Waals surface area contributed by atoms with Gasteiger partial charge in [0.1, 0.15) is 5.82 Å². The molecule has 0 fully saturated rings. The van der Waals surface area contributed by atoms with Crippen LogP contribution in [0.5, 0.6) is 0 Å². The molecule has 0 saturated heterocycles. The van der Waals surface area contributed by atoms with Crippen LogP contribution >= 0.6 is 0 Å². The van der Waals surface area contributed by atoms with Crippen LogP contribution in [0.2, 0.25) is 0 Å². The van der Waals surface area contributed by atoms with Crippen LogP contribution in [-0.4, -0.2) is 16.1 Å². The highest BCUT2D eigenvalue weighted by molar-refractivity contribution is 5.32. The Bertz CT molecular complexity index is 534. The van der Waals surface area contributed by atoms with E-state index in [-0.39, 0.29) is 5.69 Å². The van der Waals surface area contributed by atoms with E-state index in [0.29, 0.717) is 5.82 Å². The van der Waals surface area contributed by atoms with Crippen LogP contribution < -0.4 is 11.0 Å². The molecule has 0 spiro atoms. The lowest BCUT2D eigenvalue weighted by Crippen LogP contribution is -2.21. The molecule has 0 unspecified atom stereocenters. The molecule has 2 aromatic rings. The van der Waals surface area contributed by atoms with Gasteiger partial charge in [-0.3, -0.25) is 0 Å². The van der Waals surface area contributed by atoms with Crippen LogP contribution in [0.15, 0.2) is 47.4 Å². The molecular formula is C13H15N3O. The first-order valence-electron chi connectivity index (χ1n) is 5.57. The molecule has 0 saturated carbocycles. The van der Waals surface area contributed by atoms with Gasteiger partial charge in [0.25, 0.3) is 0 Å². The van der Waals surface area contributed by atoms with Crippen LogP contribution in [0.25, 0.3) is 0 Å². The van der Waals surface area contributed by atoms with Gasteiger partial charge in [0, 0.05) is 19.8 Å². The normalized spacial score (nSPS) is 10.2. The third kappa shape index (κ3) is 3.17. The maximum atomic E-state index is 11.3. The number of benzene rings is 1. The number of nitrogens with zero attached hydrogens (tertiary/aromatic N) is 2. The predicted molar refractivity (Wildman–Crippen MR) is 68.1 cm³/mol. The van der Waals surface area contributed by atoms with E-state index in [2.05, 4.69) is 22.4 Å². The van der Waals surface area contributed by atoms with Crippen molar-refractivity contribution in [1.29, 1.82) is 0 Å². The zero-order valence-electron chi connectivity index (χ0n) is 9.76. The van der Waals surface area contributed by atoms with Gasteiger partial charge in [-0.25, -0.2) is 4.79 Å². The number of aryl methyl sites for hydroxylation is 1. The molecule has 0 bridgehead atoms. The largest absolute Gasteiger partial charge is 0.370 e. The summed E-state index contributed by atoms with van der Waals surface area (Å²) in [5.74, 6) is 0.629. The Morgan fingerprint density at radius 1 is 1.24 bits per heavy atom. The van der Waals surface area contributed by atoms with E-state index in [0.717, 1.165) is 13.0 Å². The molecule has 1 aromatic carbocycles. The first-order valence-corrected chi connectivity index (χ1v) is 5.57. The van der Waals surface area contributed by atoms with E-state index >= 15 is 0 Å². The Hall–Kier alpha value is -2.10. The van der Waals surface area contributed by atoms with E-state index in [1.807, 2.05) is 18.2 Å². The number of hydrogen-bond acceptors (Lipinski definition) is 3. The second-order valence-corrected chi connectivity index (χ2v) is 3.87. The zero-order chi connectivity index (χ0) is 12.1. The summed E-state index contributed by atoms with van der Waals surface area (Å²) in [4.78, 5) is 15.2. The van der Waals surface area contributed by atoms with Crippen LogP contribution in [0.1, 0.15) is 5.56 Å². The van der Waals surface area contributed by atoms with Gasteiger partial charge in [0.15, 0.2) is 0 Å². The molecule has 0 amide bonds. The summed E-state index contributed by atoms with van der Waals surface area (Å²) >= 11 is 0. The van der Waals surface area contributed by atoms with Gasteiger partial charge >= 0.3 is 5.69 Å². The third-order valence-electron chi connectivity index (χ3n) is 2.54. The highest BCUT2D eigenvalue weighted by Gasteiger charge is 1.96. The first kappa shape index (κ1) is 11.4. The molecule has 1 aromatic heterocycles. The molecule has 4 nitrogen and oxygen atoms in total. The molecule has 0 atom stereocenters. The Labute approximate surface area is 99.9 Å². The number of hydrogen-bond donors (Lipinski definition) is 1. The minimum absolute atomic E-state index is 0.241. The van der Waals surface area contributed by atoms with Crippen LogP contribution in [0.4, 0.5) is 5.82 Å². The van der Waals surface area contributed by atoms with Crippen molar-refractivity contribution < 1.29 is 0 Å². The van der Waals surface area contributed by atoms with Crippen LogP contribution in [-0.2, 0) is 13.5 Å². The Balaban J connectivity index is 1.90. The fourth-order valence-electron chi connectivity index (χ4n) is 1.54. The maximum Gasteiger partial charge on any atom is 0.349 e. The summed E-state index contributed by atoms with van der Waals surface area (Å²) in [5, 5.41) is 3.14. The average Bonchev–Trinajstić information content (AvgIpc) is 2.35. The van der Waals surface area contributed by atoms with Crippen molar-refractivity contribution >= 4 is 5.82 Å². The summed E-state index contributed by atoms with van der Waals surface area (Å²) in [5.41, 5.74) is 1.03. The van der Waals surface area contributed by atoms with Crippen molar-refractivity contribution in [2.24, 2.45) is 7.05 Å². The fourth-order valence-corrected chi connectivity index (χ4v) is 1.54. The molecule has 0 radical (unpaired) electrons. The minimum Gasteiger partial charge on any atom is -0.370 e. The van der Waals surface area contributed by atoms with Crippen molar-refractivity contribution in [3.05, 3.63) is 58.6 Å². The van der Waals surface area contributed by atoms with Gasteiger partial charge in [-0.15, -0.1) is 0 Å². The molecule has 1 heterocycles. The molecular weight excluding hydrogens is 214 g/mol. The number of anilines is 1. The monoisotopic (exact) mass is 229 g/mol. The zero-order valence-corrected chi connectivity index (χ0v) is 9.76. The molecule has 0 aliphatic heterocycles. The topological polar surface area (TPSA) is 46.9 Å². The second-order valence-electron chi connectivity index (χ2n) is 3.87. The van der Waals surface area contributed by atoms with Crippen molar-refractivity contribution in [2.45, 2.75) is 6.42 Å². The molecule has 0 aliphatic rings. The van der Waals surface area contributed by atoms with E-state index in [1.54, 1.807) is 19.3 Å². The molecule has 2 rings (SSSR count). The van der Waals surface area contributed by atoms with Crippen LogP contribution in [0, 0.1) is 0 Å². The van der Waals surface area contributed by atoms with Gasteiger partial charge in [0.05, 0.1) is 0 Å². The van der Waals surface area contributed by atoms with E-state index in [9.17, 15) is 4.79 Å². The summed E-state index contributed by atoms with van der Waals surface area (Å²) in [6.07, 6.45) is 2.62. The highest BCUT2D eigenvalue weighted by Crippen LogP contribution is 2.01. The number of rotatable bonds is 4. The molecule has 4 heteroatoms. The third-order valence-corrected chi connectivity index (χ3v) is 2.54. The Morgan fingerprint density at radius 3 is 2.71 bits per heavy atom. The quantitative estimate of drug-likeness (QED) is 0.862. The van der Waals surface area contributed by atoms with Crippen molar-refractivity contribution in [3.63, 3.8) is 0 Å². The van der Waals surface area contributed by atoms with Gasteiger partial charge in [0.2, 0.25) is 0 Å². The maximum absolute atomic E-state index is 11.3. The minimum atomic E-state index is -0.241. The smallest absolute Gasteiger partial charge is 0.349 e. The first-order chi connectivity index (χ1) is 8.25. The molecule has 1 N–H and O–H groups in total. The van der Waals surface area contributed by atoms with Gasteiger partial charge in [-0.1, -0.05) is 30.3 Å². The SMILES string of the molecule is Cn1ccc(NCCc2ccccc2)nc1=O. The fraction of sp³-hybridized carbons (Fsp3) is 0.231. The Kier molecular flexibility index (Phi) is 3.55. The number of nitrogens with one attached hydrogen (secondary N) is 1. The average molecular weight is 229 g/mol.